The van der Waals surface area contributed by atoms with Crippen LogP contribution >= 0.6 is 11.8 Å². The minimum Gasteiger partial charge on any atom is -0.381 e. The van der Waals surface area contributed by atoms with Crippen LogP contribution in [0.1, 0.15) is 25.7 Å². The molecule has 0 aliphatic carbocycles. The molecule has 1 amide bonds. The number of non-ortho nitro benzene ring substituents is 1. The van der Waals surface area contributed by atoms with E-state index in [4.69, 9.17) is 0 Å². The molecule has 1 aliphatic heterocycles. The summed E-state index contributed by atoms with van der Waals surface area (Å²) in [6.07, 6.45) is 3.75. The summed E-state index contributed by atoms with van der Waals surface area (Å²) >= 11 is 1.70. The number of nitro groups is 1. The third kappa shape index (κ3) is 5.99. The minimum atomic E-state index is -0.410. The number of hydrogen-bond acceptors (Lipinski definition) is 5. The first-order chi connectivity index (χ1) is 13.6. The Morgan fingerprint density at radius 2 is 1.75 bits per heavy atom. The number of thioether (sulfide) groups is 1. The number of benzene rings is 2. The van der Waals surface area contributed by atoms with Crippen LogP contribution in [0.5, 0.6) is 0 Å². The first-order valence-corrected chi connectivity index (χ1v) is 10.6. The fourth-order valence-electron chi connectivity index (χ4n) is 3.26. The van der Waals surface area contributed by atoms with Crippen LogP contribution < -0.4 is 5.32 Å². The van der Waals surface area contributed by atoms with Gasteiger partial charge in [-0.25, -0.2) is 0 Å². The lowest BCUT2D eigenvalue weighted by molar-refractivity contribution is -0.384. The number of nitrogens with one attached hydrogen (secondary N) is 1. The van der Waals surface area contributed by atoms with Crippen molar-refractivity contribution in [3.63, 3.8) is 0 Å². The average Bonchev–Trinajstić information content (AvgIpc) is 2.73. The summed E-state index contributed by atoms with van der Waals surface area (Å²) in [5, 5.41) is 14.2. The first kappa shape index (κ1) is 20.2. The predicted molar refractivity (Wildman–Crippen MR) is 113 cm³/mol. The average molecular weight is 400 g/mol. The van der Waals surface area contributed by atoms with Crippen LogP contribution in [0.3, 0.4) is 0 Å². The van der Waals surface area contributed by atoms with Gasteiger partial charge in [0.15, 0.2) is 0 Å². The quantitative estimate of drug-likeness (QED) is 0.400. The van der Waals surface area contributed by atoms with Crippen LogP contribution in [0.4, 0.5) is 11.4 Å². The molecule has 1 fully saturated rings. The van der Waals surface area contributed by atoms with Crippen molar-refractivity contribution in [2.24, 2.45) is 0 Å². The van der Waals surface area contributed by atoms with Gasteiger partial charge in [0.1, 0.15) is 0 Å². The lowest BCUT2D eigenvalue weighted by Gasteiger charge is -2.29. The molecule has 148 valence electrons. The van der Waals surface area contributed by atoms with E-state index in [0.29, 0.717) is 6.42 Å². The Hall–Kier alpha value is -2.54. The third-order valence-corrected chi connectivity index (χ3v) is 5.95. The fourth-order valence-corrected chi connectivity index (χ4v) is 4.21. The molecule has 0 bridgehead atoms. The van der Waals surface area contributed by atoms with Gasteiger partial charge in [0, 0.05) is 54.0 Å². The smallest absolute Gasteiger partial charge is 0.269 e. The van der Waals surface area contributed by atoms with Gasteiger partial charge < -0.3 is 10.2 Å². The Morgan fingerprint density at radius 1 is 1.07 bits per heavy atom. The number of amides is 1. The highest BCUT2D eigenvalue weighted by Crippen LogP contribution is 2.23. The summed E-state index contributed by atoms with van der Waals surface area (Å²) in [7, 11) is 0. The van der Waals surface area contributed by atoms with E-state index in [1.165, 1.54) is 18.6 Å². The van der Waals surface area contributed by atoms with Gasteiger partial charge in [0.2, 0.25) is 5.91 Å². The van der Waals surface area contributed by atoms with Crippen LogP contribution in [-0.2, 0) is 4.79 Å². The second kappa shape index (κ2) is 10.1. The van der Waals surface area contributed by atoms with Crippen molar-refractivity contribution < 1.29 is 9.72 Å². The Morgan fingerprint density at radius 3 is 2.39 bits per heavy atom. The van der Waals surface area contributed by atoms with Gasteiger partial charge in [-0.2, -0.15) is 0 Å². The maximum Gasteiger partial charge on any atom is 0.269 e. The number of nitro benzene ring substituents is 1. The van der Waals surface area contributed by atoms with Crippen LogP contribution in [0.25, 0.3) is 0 Å². The number of anilines is 1. The van der Waals surface area contributed by atoms with E-state index in [9.17, 15) is 14.9 Å². The van der Waals surface area contributed by atoms with Crippen LogP contribution in [-0.4, -0.2) is 40.6 Å². The van der Waals surface area contributed by atoms with Crippen molar-refractivity contribution in [1.82, 2.24) is 4.90 Å². The molecule has 28 heavy (non-hydrogen) atoms. The van der Waals surface area contributed by atoms with Gasteiger partial charge in [0.05, 0.1) is 4.92 Å². The molecule has 1 aliphatic rings. The summed E-state index contributed by atoms with van der Waals surface area (Å²) in [6, 6.07) is 16.4. The molecule has 7 heteroatoms. The first-order valence-electron chi connectivity index (χ1n) is 9.58. The Balaban J connectivity index is 1.65. The molecule has 1 atom stereocenters. The molecule has 2 aromatic rings. The molecule has 6 nitrogen and oxygen atoms in total. The zero-order valence-corrected chi connectivity index (χ0v) is 16.6. The summed E-state index contributed by atoms with van der Waals surface area (Å²) in [5.74, 6) is 0.911. The molecule has 0 radical (unpaired) electrons. The van der Waals surface area contributed by atoms with Gasteiger partial charge in [-0.15, -0.1) is 11.8 Å². The third-order valence-electron chi connectivity index (χ3n) is 4.77. The van der Waals surface area contributed by atoms with Crippen molar-refractivity contribution in [3.8, 4) is 0 Å². The number of piperidine rings is 1. The summed E-state index contributed by atoms with van der Waals surface area (Å²) in [4.78, 5) is 26.3. The van der Waals surface area contributed by atoms with Crippen LogP contribution in [0.2, 0.25) is 0 Å². The van der Waals surface area contributed by atoms with Crippen molar-refractivity contribution in [2.75, 3.05) is 24.2 Å². The van der Waals surface area contributed by atoms with E-state index in [2.05, 4.69) is 17.4 Å². The normalized spacial score (nSPS) is 15.1. The van der Waals surface area contributed by atoms with E-state index in [0.717, 1.165) is 42.3 Å². The maximum atomic E-state index is 12.7. The number of nitrogens with zero attached hydrogens (tertiary/aromatic N) is 2. The standard InChI is InChI=1S/C21H25N3O3S/c25-21(23-13-5-2-6-14-23)15-18(16-28-20-7-3-1-4-8-20)22-17-9-11-19(12-10-17)24(26)27/h1,3-4,7-12,18,22H,2,5-6,13-16H2/t18-/m1/s1. The highest BCUT2D eigenvalue weighted by molar-refractivity contribution is 7.99. The van der Waals surface area contributed by atoms with Gasteiger partial charge in [-0.05, 0) is 43.5 Å². The zero-order chi connectivity index (χ0) is 19.8. The van der Waals surface area contributed by atoms with E-state index >= 15 is 0 Å². The highest BCUT2D eigenvalue weighted by Gasteiger charge is 2.21. The number of likely N-dealkylation sites (tertiary alicyclic amines) is 1. The molecule has 0 saturated carbocycles. The Kier molecular flexibility index (Phi) is 7.31. The van der Waals surface area contributed by atoms with Crippen LogP contribution in [0.15, 0.2) is 59.5 Å². The summed E-state index contributed by atoms with van der Waals surface area (Å²) < 4.78 is 0. The zero-order valence-electron chi connectivity index (χ0n) is 15.8. The number of rotatable bonds is 8. The van der Waals surface area contributed by atoms with E-state index < -0.39 is 4.92 Å². The van der Waals surface area contributed by atoms with Gasteiger partial charge in [-0.1, -0.05) is 18.2 Å². The molecule has 0 unspecified atom stereocenters. The lowest BCUT2D eigenvalue weighted by atomic mass is 10.1. The molecule has 0 spiro atoms. The van der Waals surface area contributed by atoms with Crippen molar-refractivity contribution in [2.45, 2.75) is 36.6 Å². The Bertz CT molecular complexity index is 777. The SMILES string of the molecule is O=C(C[C@H](CSc1ccccc1)Nc1ccc([N+](=O)[O-])cc1)N1CCCCC1. The fraction of sp³-hybridized carbons (Fsp3) is 0.381. The second-order valence-corrected chi connectivity index (χ2v) is 8.01. The molecular weight excluding hydrogens is 374 g/mol. The second-order valence-electron chi connectivity index (χ2n) is 6.91. The predicted octanol–water partition coefficient (Wildman–Crippen LogP) is 4.57. The summed E-state index contributed by atoms with van der Waals surface area (Å²) in [6.45, 7) is 1.68. The molecule has 1 N–H and O–H groups in total. The lowest BCUT2D eigenvalue weighted by Crippen LogP contribution is -2.39. The van der Waals surface area contributed by atoms with Crippen molar-refractivity contribution in [3.05, 3.63) is 64.7 Å². The minimum absolute atomic E-state index is 0.0545. The summed E-state index contributed by atoms with van der Waals surface area (Å²) in [5.41, 5.74) is 0.848. The molecular formula is C21H25N3O3S. The number of carbonyl (C=O) groups is 1. The molecule has 1 saturated heterocycles. The van der Waals surface area contributed by atoms with Crippen LogP contribution in [0, 0.1) is 10.1 Å². The topological polar surface area (TPSA) is 75.5 Å². The maximum absolute atomic E-state index is 12.7. The van der Waals surface area contributed by atoms with Gasteiger partial charge in [0.25, 0.3) is 5.69 Å². The van der Waals surface area contributed by atoms with Gasteiger partial charge >= 0.3 is 0 Å². The number of hydrogen-bond donors (Lipinski definition) is 1. The monoisotopic (exact) mass is 399 g/mol. The van der Waals surface area contributed by atoms with Crippen molar-refractivity contribution in [1.29, 1.82) is 0 Å². The van der Waals surface area contributed by atoms with Gasteiger partial charge in [-0.3, -0.25) is 14.9 Å². The van der Waals surface area contributed by atoms with E-state index in [-0.39, 0.29) is 17.6 Å². The molecule has 3 rings (SSSR count). The highest BCUT2D eigenvalue weighted by atomic mass is 32.2. The van der Waals surface area contributed by atoms with E-state index in [1.54, 1.807) is 23.9 Å². The Labute approximate surface area is 169 Å². The molecule has 2 aromatic carbocycles. The van der Waals surface area contributed by atoms with E-state index in [1.807, 2.05) is 23.1 Å². The number of carbonyl (C=O) groups excluding carboxylic acids is 1. The molecule has 1 heterocycles. The van der Waals surface area contributed by atoms with Crippen molar-refractivity contribution >= 4 is 29.0 Å². The molecule has 0 aromatic heterocycles. The largest absolute Gasteiger partial charge is 0.381 e.